The van der Waals surface area contributed by atoms with E-state index in [1.54, 1.807) is 0 Å². The van der Waals surface area contributed by atoms with Crippen LogP contribution in [0.5, 0.6) is 0 Å². The highest BCUT2D eigenvalue weighted by Crippen LogP contribution is 2.45. The fraction of sp³-hybridized carbons (Fsp3) is 0.899. The maximum atomic E-state index is 13.1. The molecule has 0 heterocycles. The van der Waals surface area contributed by atoms with E-state index in [1.807, 2.05) is 0 Å². The average Bonchev–Trinajstić information content (AvgIpc) is 1.01. The van der Waals surface area contributed by atoms with Crippen LogP contribution in [0.15, 0.2) is 24.3 Å². The number of aliphatic hydroxyl groups excluding tert-OH is 1. The fourth-order valence-corrected chi connectivity index (χ4v) is 13.1. The lowest BCUT2D eigenvalue weighted by molar-refractivity contribution is -0.161. The van der Waals surface area contributed by atoms with E-state index in [0.29, 0.717) is 25.7 Å². The molecular formula is C79H150O17P2. The molecule has 98 heavy (non-hydrogen) atoms. The van der Waals surface area contributed by atoms with Crippen molar-refractivity contribution >= 4 is 39.5 Å². The Kier molecular flexibility index (Phi) is 67.2. The molecule has 578 valence electrons. The van der Waals surface area contributed by atoms with Crippen molar-refractivity contribution in [1.29, 1.82) is 0 Å². The molecule has 19 heteroatoms. The summed E-state index contributed by atoms with van der Waals surface area (Å²) in [5.41, 5.74) is 0. The van der Waals surface area contributed by atoms with Crippen LogP contribution in [0.2, 0.25) is 0 Å². The Morgan fingerprint density at radius 1 is 0.337 bits per heavy atom. The first-order valence-electron chi connectivity index (χ1n) is 40.2. The summed E-state index contributed by atoms with van der Waals surface area (Å²) in [6.45, 7) is 11.8. The van der Waals surface area contributed by atoms with Gasteiger partial charge in [0.1, 0.15) is 19.3 Å². The van der Waals surface area contributed by atoms with E-state index in [9.17, 15) is 43.2 Å². The maximum absolute atomic E-state index is 13.1. The van der Waals surface area contributed by atoms with Gasteiger partial charge in [-0.05, 0) is 69.1 Å². The number of ether oxygens (including phenoxy) is 4. The number of carbonyl (C=O) groups excluding carboxylic acids is 4. The smallest absolute Gasteiger partial charge is 0.462 e. The molecule has 6 atom stereocenters. The first-order chi connectivity index (χ1) is 47.3. The number of phosphoric ester groups is 2. The Morgan fingerprint density at radius 2 is 0.602 bits per heavy atom. The number of hydrogen-bond donors (Lipinski definition) is 3. The topological polar surface area (TPSA) is 237 Å². The molecule has 0 aromatic heterocycles. The lowest BCUT2D eigenvalue weighted by Gasteiger charge is -2.21. The second-order valence-corrected chi connectivity index (χ2v) is 31.9. The third-order valence-corrected chi connectivity index (χ3v) is 20.0. The third-order valence-electron chi connectivity index (χ3n) is 18.1. The Hall–Kier alpha value is -2.46. The highest BCUT2D eigenvalue weighted by Gasteiger charge is 2.30. The largest absolute Gasteiger partial charge is 0.472 e. The summed E-state index contributed by atoms with van der Waals surface area (Å²) in [4.78, 5) is 72.9. The van der Waals surface area contributed by atoms with E-state index >= 15 is 0 Å². The first-order valence-corrected chi connectivity index (χ1v) is 43.2. The van der Waals surface area contributed by atoms with E-state index in [-0.39, 0.29) is 25.7 Å². The monoisotopic (exact) mass is 1430 g/mol. The van der Waals surface area contributed by atoms with Crippen LogP contribution >= 0.6 is 15.6 Å². The number of carbonyl (C=O) groups is 4. The molecule has 0 spiro atoms. The van der Waals surface area contributed by atoms with Crippen LogP contribution < -0.4 is 0 Å². The predicted octanol–water partition coefficient (Wildman–Crippen LogP) is 22.9. The van der Waals surface area contributed by atoms with Gasteiger partial charge >= 0.3 is 39.5 Å². The minimum Gasteiger partial charge on any atom is -0.462 e. The molecule has 0 aromatic rings. The van der Waals surface area contributed by atoms with E-state index in [4.69, 9.17) is 37.0 Å². The predicted molar refractivity (Wildman–Crippen MR) is 400 cm³/mol. The van der Waals surface area contributed by atoms with Crippen LogP contribution in [0.1, 0.15) is 382 Å². The molecule has 0 aliphatic heterocycles. The van der Waals surface area contributed by atoms with Crippen LogP contribution in [0.3, 0.4) is 0 Å². The number of esters is 4. The van der Waals surface area contributed by atoms with Crippen molar-refractivity contribution in [3.8, 4) is 0 Å². The standard InChI is InChI=1S/C79H150O17P2/c1-8-10-11-12-13-14-15-16-19-23-28-34-39-48-55-63-79(84)96-75(67-90-77(82)61-54-47-42-41-45-52-59-72(7)9-2)69-94-98(87,88)92-65-73(80)64-91-97(85,86)93-68-74(66-89-76(81)60-53-46-38-33-30-25-27-32-37-44-51-58-71(5)6)95-78(83)62-56-49-40-35-29-24-21-18-17-20-22-26-31-36-43-50-57-70(3)4/h14-16,19,70-75,80H,8-13,17-18,20-69H2,1-7H3,(H,85,86)(H,87,88)/b15-14-,19-16-/t72?,73-,74-,75-/m1/s1. The molecule has 0 fully saturated rings. The lowest BCUT2D eigenvalue weighted by atomic mass is 10.00. The summed E-state index contributed by atoms with van der Waals surface area (Å²) in [6.07, 6.45) is 59.1. The zero-order chi connectivity index (χ0) is 72.3. The second-order valence-electron chi connectivity index (χ2n) is 29.0. The molecule has 0 rings (SSSR count). The van der Waals surface area contributed by atoms with Gasteiger partial charge < -0.3 is 33.8 Å². The van der Waals surface area contributed by atoms with E-state index in [0.717, 1.165) is 127 Å². The van der Waals surface area contributed by atoms with Gasteiger partial charge in [0.05, 0.1) is 26.4 Å². The highest BCUT2D eigenvalue weighted by atomic mass is 31.2. The molecule has 0 saturated carbocycles. The number of phosphoric acid groups is 2. The van der Waals surface area contributed by atoms with Crippen molar-refractivity contribution in [3.63, 3.8) is 0 Å². The number of rotatable bonds is 75. The Balaban J connectivity index is 5.28. The zero-order valence-electron chi connectivity index (χ0n) is 63.7. The average molecular weight is 1430 g/mol. The maximum Gasteiger partial charge on any atom is 0.472 e. The summed E-state index contributed by atoms with van der Waals surface area (Å²) in [7, 11) is -9.93. The van der Waals surface area contributed by atoms with Crippen molar-refractivity contribution in [3.05, 3.63) is 24.3 Å². The lowest BCUT2D eigenvalue weighted by Crippen LogP contribution is -2.30. The SMILES string of the molecule is CCCCCC/C=C\C=C/CCCCCCCC(=O)O[C@H](COC(=O)CCCCCCCCC(C)CC)COP(=O)(O)OC[C@H](O)COP(=O)(O)OC[C@@H](COC(=O)CCCCCCCCCCCCCC(C)C)OC(=O)CCCCCCCCCCCCCCCCCCC(C)C. The molecule has 3 N–H and O–H groups in total. The minimum atomic E-state index is -4.97. The molecular weight excluding hydrogens is 1280 g/mol. The van der Waals surface area contributed by atoms with Crippen LogP contribution in [0.4, 0.5) is 0 Å². The Bertz CT molecular complexity index is 2000. The summed E-state index contributed by atoms with van der Waals surface area (Å²) >= 11 is 0. The summed E-state index contributed by atoms with van der Waals surface area (Å²) < 4.78 is 68.6. The Morgan fingerprint density at radius 3 is 0.908 bits per heavy atom. The number of hydrogen-bond acceptors (Lipinski definition) is 15. The van der Waals surface area contributed by atoms with Gasteiger partial charge in [0.25, 0.3) is 0 Å². The van der Waals surface area contributed by atoms with Gasteiger partial charge in [-0.2, -0.15) is 0 Å². The van der Waals surface area contributed by atoms with Crippen LogP contribution in [-0.2, 0) is 65.4 Å². The first kappa shape index (κ1) is 95.5. The molecule has 3 unspecified atom stereocenters. The molecule has 0 aliphatic carbocycles. The zero-order valence-corrected chi connectivity index (χ0v) is 65.5. The molecule has 0 aromatic carbocycles. The quantitative estimate of drug-likeness (QED) is 0.0169. The molecule has 0 bridgehead atoms. The summed E-state index contributed by atoms with van der Waals surface area (Å²) in [5.74, 6) is 0.159. The van der Waals surface area contributed by atoms with Crippen molar-refractivity contribution in [1.82, 2.24) is 0 Å². The highest BCUT2D eigenvalue weighted by molar-refractivity contribution is 7.47. The second kappa shape index (κ2) is 68.9. The number of unbranched alkanes of at least 4 members (excludes halogenated alkanes) is 39. The number of allylic oxidation sites excluding steroid dienone is 4. The third kappa shape index (κ3) is 70.6. The summed E-state index contributed by atoms with van der Waals surface area (Å²) in [6, 6.07) is 0. The van der Waals surface area contributed by atoms with Crippen molar-refractivity contribution in [2.24, 2.45) is 17.8 Å². The summed E-state index contributed by atoms with van der Waals surface area (Å²) in [5, 5.41) is 10.6. The van der Waals surface area contributed by atoms with Gasteiger partial charge in [-0.3, -0.25) is 37.3 Å². The van der Waals surface area contributed by atoms with Crippen molar-refractivity contribution in [2.45, 2.75) is 401 Å². The van der Waals surface area contributed by atoms with Crippen molar-refractivity contribution in [2.75, 3.05) is 39.6 Å². The van der Waals surface area contributed by atoms with Gasteiger partial charge in [-0.25, -0.2) is 9.13 Å². The van der Waals surface area contributed by atoms with Crippen LogP contribution in [0.25, 0.3) is 0 Å². The van der Waals surface area contributed by atoms with Gasteiger partial charge in [0.15, 0.2) is 12.2 Å². The van der Waals surface area contributed by atoms with E-state index in [2.05, 4.69) is 72.8 Å². The van der Waals surface area contributed by atoms with Crippen molar-refractivity contribution < 1.29 is 80.2 Å². The number of aliphatic hydroxyl groups is 1. The molecule has 0 amide bonds. The van der Waals surface area contributed by atoms with Gasteiger partial charge in [0.2, 0.25) is 0 Å². The van der Waals surface area contributed by atoms with Crippen LogP contribution in [0, 0.1) is 17.8 Å². The van der Waals surface area contributed by atoms with Gasteiger partial charge in [-0.15, -0.1) is 0 Å². The molecule has 0 saturated heterocycles. The molecule has 0 radical (unpaired) electrons. The molecule has 0 aliphatic rings. The van der Waals surface area contributed by atoms with Crippen LogP contribution in [-0.4, -0.2) is 96.7 Å². The fourth-order valence-electron chi connectivity index (χ4n) is 11.6. The molecule has 17 nitrogen and oxygen atoms in total. The van der Waals surface area contributed by atoms with Gasteiger partial charge in [0, 0.05) is 25.7 Å². The van der Waals surface area contributed by atoms with Gasteiger partial charge in [-0.1, -0.05) is 330 Å². The minimum absolute atomic E-state index is 0.0840. The normalized spacial score (nSPS) is 14.4. The van der Waals surface area contributed by atoms with E-state index < -0.39 is 97.5 Å². The Labute approximate surface area is 599 Å². The van der Waals surface area contributed by atoms with E-state index in [1.165, 1.54) is 173 Å².